The molecule has 0 radical (unpaired) electrons. The third-order valence-electron chi connectivity index (χ3n) is 4.39. The molecule has 0 unspecified atom stereocenters. The summed E-state index contributed by atoms with van der Waals surface area (Å²) in [5.41, 5.74) is 0.758. The molecule has 0 N–H and O–H groups in total. The van der Waals surface area contributed by atoms with Crippen molar-refractivity contribution < 1.29 is 8.91 Å². The zero-order valence-corrected chi connectivity index (χ0v) is 14.6. The second kappa shape index (κ2) is 7.43. The molecule has 0 saturated carbocycles. The maximum atomic E-state index is 13.8. The Labute approximate surface area is 149 Å². The molecule has 4 rings (SSSR count). The lowest BCUT2D eigenvalue weighted by Gasteiger charge is -2.33. The van der Waals surface area contributed by atoms with E-state index in [0.717, 1.165) is 36.6 Å². The van der Waals surface area contributed by atoms with Crippen molar-refractivity contribution in [3.63, 3.8) is 0 Å². The van der Waals surface area contributed by atoms with Crippen LogP contribution in [0.15, 0.2) is 46.3 Å². The van der Waals surface area contributed by atoms with Crippen molar-refractivity contribution in [3.05, 3.63) is 59.0 Å². The van der Waals surface area contributed by atoms with Gasteiger partial charge < -0.3 is 4.52 Å². The predicted molar refractivity (Wildman–Crippen MR) is 94.6 cm³/mol. The first-order valence-electron chi connectivity index (χ1n) is 8.32. The van der Waals surface area contributed by atoms with Crippen LogP contribution >= 0.6 is 11.3 Å². The van der Waals surface area contributed by atoms with Crippen LogP contribution in [0.4, 0.5) is 4.39 Å². The van der Waals surface area contributed by atoms with E-state index >= 15 is 0 Å². The fraction of sp³-hybridized carbons (Fsp3) is 0.333. The zero-order valence-electron chi connectivity index (χ0n) is 13.8. The molecule has 5 nitrogen and oxygen atoms in total. The van der Waals surface area contributed by atoms with Gasteiger partial charge in [-0.2, -0.15) is 4.98 Å². The molecule has 25 heavy (non-hydrogen) atoms. The first kappa shape index (κ1) is 16.4. The summed E-state index contributed by atoms with van der Waals surface area (Å²) in [5.74, 6) is 1.17. The third kappa shape index (κ3) is 3.95. The van der Waals surface area contributed by atoms with Crippen LogP contribution in [0.5, 0.6) is 0 Å². The lowest BCUT2D eigenvalue weighted by Crippen LogP contribution is -2.45. The highest BCUT2D eigenvalue weighted by Crippen LogP contribution is 2.22. The number of hydrogen-bond donors (Lipinski definition) is 0. The molecule has 3 heterocycles. The summed E-state index contributed by atoms with van der Waals surface area (Å²) in [6, 6.07) is 10.9. The molecule has 0 amide bonds. The molecule has 0 bridgehead atoms. The Morgan fingerprint density at radius 3 is 2.48 bits per heavy atom. The first-order chi connectivity index (χ1) is 12.3. The van der Waals surface area contributed by atoms with Crippen LogP contribution in [0.25, 0.3) is 10.7 Å². The zero-order chi connectivity index (χ0) is 17.1. The second-order valence-electron chi connectivity index (χ2n) is 6.13. The molecule has 7 heteroatoms. The van der Waals surface area contributed by atoms with Crippen molar-refractivity contribution in [3.8, 4) is 10.7 Å². The third-order valence-corrected chi connectivity index (χ3v) is 5.25. The Kier molecular flexibility index (Phi) is 4.87. The van der Waals surface area contributed by atoms with Gasteiger partial charge in [0.1, 0.15) is 5.82 Å². The fourth-order valence-corrected chi connectivity index (χ4v) is 3.64. The van der Waals surface area contributed by atoms with E-state index in [4.69, 9.17) is 4.52 Å². The van der Waals surface area contributed by atoms with Crippen LogP contribution in [0.1, 0.15) is 11.5 Å². The van der Waals surface area contributed by atoms with Gasteiger partial charge in [0.25, 0.3) is 0 Å². The van der Waals surface area contributed by atoms with Crippen molar-refractivity contribution >= 4 is 11.3 Å². The van der Waals surface area contributed by atoms with E-state index < -0.39 is 0 Å². The average Bonchev–Trinajstić information content (AvgIpc) is 3.30. The van der Waals surface area contributed by atoms with E-state index in [9.17, 15) is 4.39 Å². The highest BCUT2D eigenvalue weighted by molar-refractivity contribution is 7.13. The molecule has 2 aromatic heterocycles. The maximum absolute atomic E-state index is 13.8. The summed E-state index contributed by atoms with van der Waals surface area (Å²) in [7, 11) is 0. The number of halogens is 1. The van der Waals surface area contributed by atoms with Crippen molar-refractivity contribution in [2.24, 2.45) is 0 Å². The molecule has 0 spiro atoms. The molecule has 3 aromatic rings. The summed E-state index contributed by atoms with van der Waals surface area (Å²) in [6.07, 6.45) is 0. The predicted octanol–water partition coefficient (Wildman–Crippen LogP) is 3.26. The molecule has 1 fully saturated rings. The van der Waals surface area contributed by atoms with E-state index in [1.54, 1.807) is 17.4 Å². The van der Waals surface area contributed by atoms with Crippen molar-refractivity contribution in [1.82, 2.24) is 19.9 Å². The van der Waals surface area contributed by atoms with Crippen molar-refractivity contribution in [1.29, 1.82) is 0 Å². The van der Waals surface area contributed by atoms with E-state index in [1.807, 2.05) is 29.6 Å². The fourth-order valence-electron chi connectivity index (χ4n) is 2.99. The van der Waals surface area contributed by atoms with Crippen LogP contribution in [-0.2, 0) is 13.1 Å². The SMILES string of the molecule is Fc1ccccc1CN1CCN(Cc2nc(-c3cccs3)no2)CC1. The number of piperazine rings is 1. The van der Waals surface area contributed by atoms with E-state index in [-0.39, 0.29) is 5.82 Å². The van der Waals surface area contributed by atoms with Gasteiger partial charge >= 0.3 is 0 Å². The van der Waals surface area contributed by atoms with Gasteiger partial charge in [-0.05, 0) is 17.5 Å². The maximum Gasteiger partial charge on any atom is 0.241 e. The molecule has 1 aliphatic heterocycles. The Bertz CT molecular complexity index is 812. The van der Waals surface area contributed by atoms with Crippen LogP contribution in [0.3, 0.4) is 0 Å². The van der Waals surface area contributed by atoms with Crippen molar-refractivity contribution in [2.75, 3.05) is 26.2 Å². The highest BCUT2D eigenvalue weighted by atomic mass is 32.1. The molecule has 130 valence electrons. The lowest BCUT2D eigenvalue weighted by molar-refractivity contribution is 0.111. The molecular weight excluding hydrogens is 339 g/mol. The number of hydrogen-bond acceptors (Lipinski definition) is 6. The van der Waals surface area contributed by atoms with E-state index in [0.29, 0.717) is 24.8 Å². The van der Waals surface area contributed by atoms with E-state index in [2.05, 4.69) is 19.9 Å². The molecule has 1 aliphatic rings. The van der Waals surface area contributed by atoms with Gasteiger partial charge in [-0.15, -0.1) is 11.3 Å². The first-order valence-corrected chi connectivity index (χ1v) is 9.20. The van der Waals surface area contributed by atoms with Gasteiger partial charge in [0.15, 0.2) is 0 Å². The van der Waals surface area contributed by atoms with Gasteiger partial charge in [-0.3, -0.25) is 9.80 Å². The second-order valence-corrected chi connectivity index (χ2v) is 7.08. The Balaban J connectivity index is 1.30. The number of rotatable bonds is 5. The molecule has 1 saturated heterocycles. The van der Waals surface area contributed by atoms with Gasteiger partial charge in [-0.1, -0.05) is 29.4 Å². The summed E-state index contributed by atoms with van der Waals surface area (Å²) >= 11 is 1.60. The molecule has 0 atom stereocenters. The summed E-state index contributed by atoms with van der Waals surface area (Å²) in [4.78, 5) is 10.1. The Hall–Kier alpha value is -2.09. The number of thiophene rings is 1. The van der Waals surface area contributed by atoms with E-state index in [1.165, 1.54) is 6.07 Å². The van der Waals surface area contributed by atoms with Crippen LogP contribution in [0.2, 0.25) is 0 Å². The van der Waals surface area contributed by atoms with Crippen LogP contribution in [0, 0.1) is 5.82 Å². The summed E-state index contributed by atoms with van der Waals surface area (Å²) in [5, 5.41) is 6.05. The van der Waals surface area contributed by atoms with Crippen LogP contribution < -0.4 is 0 Å². The van der Waals surface area contributed by atoms with Gasteiger partial charge in [0.2, 0.25) is 11.7 Å². The summed E-state index contributed by atoms with van der Waals surface area (Å²) in [6.45, 7) is 4.94. The topological polar surface area (TPSA) is 45.4 Å². The average molecular weight is 358 g/mol. The summed E-state index contributed by atoms with van der Waals surface area (Å²) < 4.78 is 19.1. The smallest absolute Gasteiger partial charge is 0.241 e. The normalized spacial score (nSPS) is 16.4. The number of benzene rings is 1. The largest absolute Gasteiger partial charge is 0.338 e. The monoisotopic (exact) mass is 358 g/mol. The Morgan fingerprint density at radius 1 is 1.00 bits per heavy atom. The van der Waals surface area contributed by atoms with Crippen LogP contribution in [-0.4, -0.2) is 46.1 Å². The minimum Gasteiger partial charge on any atom is -0.338 e. The minimum atomic E-state index is -0.128. The number of aromatic nitrogens is 2. The van der Waals surface area contributed by atoms with Gasteiger partial charge in [-0.25, -0.2) is 4.39 Å². The minimum absolute atomic E-state index is 0.128. The molecule has 0 aliphatic carbocycles. The van der Waals surface area contributed by atoms with Crippen molar-refractivity contribution in [2.45, 2.75) is 13.1 Å². The highest BCUT2D eigenvalue weighted by Gasteiger charge is 2.20. The van der Waals surface area contributed by atoms with Gasteiger partial charge in [0.05, 0.1) is 11.4 Å². The number of nitrogens with zero attached hydrogens (tertiary/aromatic N) is 4. The lowest BCUT2D eigenvalue weighted by atomic mass is 10.2. The standard InChI is InChI=1S/C18H19FN4OS/c19-15-5-2-1-4-14(15)12-22-7-9-23(10-8-22)13-17-20-18(21-24-17)16-6-3-11-25-16/h1-6,11H,7-10,12-13H2. The Morgan fingerprint density at radius 2 is 1.76 bits per heavy atom. The van der Waals surface area contributed by atoms with Gasteiger partial charge in [0, 0.05) is 38.3 Å². The molecule has 1 aromatic carbocycles. The quantitative estimate of drug-likeness (QED) is 0.701. The molecular formula is C18H19FN4OS.